The molecule has 0 saturated heterocycles. The highest BCUT2D eigenvalue weighted by Gasteiger charge is 2.19. The molecule has 0 atom stereocenters. The maximum Gasteiger partial charge on any atom is 0.224 e. The number of para-hydroxylation sites is 4. The van der Waals surface area contributed by atoms with Gasteiger partial charge in [-0.15, -0.1) is 0 Å². The first-order chi connectivity index (χ1) is 7.36. The van der Waals surface area contributed by atoms with E-state index in [1.807, 2.05) is 36.4 Å². The van der Waals surface area contributed by atoms with E-state index in [0.717, 1.165) is 22.9 Å². The van der Waals surface area contributed by atoms with Crippen LogP contribution in [0.3, 0.4) is 0 Å². The second-order valence-electron chi connectivity index (χ2n) is 3.60. The maximum absolute atomic E-state index is 5.81. The summed E-state index contributed by atoms with van der Waals surface area (Å²) >= 11 is 0. The normalized spacial score (nSPS) is 12.7. The van der Waals surface area contributed by atoms with Crippen molar-refractivity contribution in [2.75, 3.05) is 4.81 Å². The Balaban J connectivity index is 2.20. The SMILES string of the molecule is BN1c2ccccc2Oc2ccccc21. The lowest BCUT2D eigenvalue weighted by atomic mass is 10.1. The van der Waals surface area contributed by atoms with E-state index in [4.69, 9.17) is 4.74 Å². The molecule has 0 bridgehead atoms. The third-order valence-corrected chi connectivity index (χ3v) is 2.67. The molecule has 1 aliphatic heterocycles. The lowest BCUT2D eigenvalue weighted by Gasteiger charge is -2.29. The van der Waals surface area contributed by atoms with Gasteiger partial charge in [-0.3, -0.25) is 0 Å². The van der Waals surface area contributed by atoms with Crippen LogP contribution in [0, 0.1) is 0 Å². The van der Waals surface area contributed by atoms with E-state index in [1.165, 1.54) is 0 Å². The van der Waals surface area contributed by atoms with Gasteiger partial charge in [-0.05, 0) is 24.3 Å². The van der Waals surface area contributed by atoms with Crippen LogP contribution in [0.1, 0.15) is 0 Å². The molecule has 0 radical (unpaired) electrons. The molecule has 15 heavy (non-hydrogen) atoms. The molecule has 2 aromatic carbocycles. The average Bonchev–Trinajstić information content (AvgIpc) is 2.30. The molecule has 1 heterocycles. The number of nitrogens with zero attached hydrogens (tertiary/aromatic N) is 1. The van der Waals surface area contributed by atoms with Crippen molar-refractivity contribution < 1.29 is 4.74 Å². The van der Waals surface area contributed by atoms with Gasteiger partial charge < -0.3 is 9.55 Å². The summed E-state index contributed by atoms with van der Waals surface area (Å²) in [6, 6.07) is 16.1. The molecule has 0 aliphatic carbocycles. The van der Waals surface area contributed by atoms with Gasteiger partial charge in [0, 0.05) is 0 Å². The van der Waals surface area contributed by atoms with Crippen molar-refractivity contribution >= 4 is 19.4 Å². The van der Waals surface area contributed by atoms with Crippen molar-refractivity contribution in [1.29, 1.82) is 0 Å². The lowest BCUT2D eigenvalue weighted by Crippen LogP contribution is -2.16. The topological polar surface area (TPSA) is 12.5 Å². The van der Waals surface area contributed by atoms with Gasteiger partial charge in [-0.1, -0.05) is 24.3 Å². The standard InChI is InChI=1S/C12H10BNO/c13-14-9-5-1-3-7-11(9)15-12-8-4-2-6-10(12)14/h1-8H,13H2. The van der Waals surface area contributed by atoms with Gasteiger partial charge in [0.25, 0.3) is 0 Å². The Morgan fingerprint density at radius 3 is 1.80 bits per heavy atom. The van der Waals surface area contributed by atoms with Gasteiger partial charge in [0.05, 0.1) is 11.4 Å². The van der Waals surface area contributed by atoms with Crippen LogP contribution in [0.5, 0.6) is 11.5 Å². The van der Waals surface area contributed by atoms with Gasteiger partial charge >= 0.3 is 0 Å². The van der Waals surface area contributed by atoms with Crippen LogP contribution in [-0.2, 0) is 0 Å². The van der Waals surface area contributed by atoms with Gasteiger partial charge in [0.1, 0.15) is 11.5 Å². The molecule has 72 valence electrons. The van der Waals surface area contributed by atoms with Crippen molar-refractivity contribution in [2.24, 2.45) is 0 Å². The van der Waals surface area contributed by atoms with E-state index < -0.39 is 0 Å². The Kier molecular flexibility index (Phi) is 1.71. The summed E-state index contributed by atoms with van der Waals surface area (Å²) in [7, 11) is 2.06. The molecule has 0 aromatic heterocycles. The minimum atomic E-state index is 0.915. The fourth-order valence-corrected chi connectivity index (χ4v) is 1.89. The Hall–Kier alpha value is -1.90. The largest absolute Gasteiger partial charge is 0.453 e. The number of fused-ring (bicyclic) bond motifs is 2. The highest BCUT2D eigenvalue weighted by molar-refractivity contribution is 6.23. The monoisotopic (exact) mass is 195 g/mol. The van der Waals surface area contributed by atoms with E-state index in [2.05, 4.69) is 24.9 Å². The second kappa shape index (κ2) is 3.06. The molecule has 0 spiro atoms. The molecule has 0 saturated carbocycles. The minimum absolute atomic E-state index is 0.915. The molecule has 0 amide bonds. The van der Waals surface area contributed by atoms with E-state index in [1.54, 1.807) is 0 Å². The molecule has 2 aromatic rings. The molecule has 0 fully saturated rings. The van der Waals surface area contributed by atoms with Crippen LogP contribution in [0.2, 0.25) is 0 Å². The van der Waals surface area contributed by atoms with E-state index in [0.29, 0.717) is 0 Å². The van der Waals surface area contributed by atoms with E-state index in [-0.39, 0.29) is 0 Å². The number of anilines is 2. The molecule has 0 unspecified atom stereocenters. The minimum Gasteiger partial charge on any atom is -0.453 e. The summed E-state index contributed by atoms with van der Waals surface area (Å²) in [5.74, 6) is 1.83. The number of benzene rings is 2. The smallest absolute Gasteiger partial charge is 0.224 e. The molecule has 1 aliphatic rings. The van der Waals surface area contributed by atoms with Crippen molar-refractivity contribution in [3.05, 3.63) is 48.5 Å². The zero-order valence-corrected chi connectivity index (χ0v) is 8.47. The molecule has 3 rings (SSSR count). The van der Waals surface area contributed by atoms with E-state index in [9.17, 15) is 0 Å². The Morgan fingerprint density at radius 1 is 0.800 bits per heavy atom. The van der Waals surface area contributed by atoms with Crippen molar-refractivity contribution in [2.45, 2.75) is 0 Å². The molecule has 3 heteroatoms. The molecule has 0 N–H and O–H groups in total. The first-order valence-corrected chi connectivity index (χ1v) is 4.96. The zero-order chi connectivity index (χ0) is 10.3. The lowest BCUT2D eigenvalue weighted by molar-refractivity contribution is 0.478. The van der Waals surface area contributed by atoms with Gasteiger partial charge in [0.2, 0.25) is 7.98 Å². The first-order valence-electron chi connectivity index (χ1n) is 4.96. The Labute approximate surface area is 89.5 Å². The van der Waals surface area contributed by atoms with Gasteiger partial charge in [-0.25, -0.2) is 0 Å². The van der Waals surface area contributed by atoms with Crippen LogP contribution < -0.4 is 9.55 Å². The quantitative estimate of drug-likeness (QED) is 0.598. The highest BCUT2D eigenvalue weighted by atomic mass is 16.5. The van der Waals surface area contributed by atoms with Crippen LogP contribution in [0.15, 0.2) is 48.5 Å². The van der Waals surface area contributed by atoms with E-state index >= 15 is 0 Å². The van der Waals surface area contributed by atoms with Crippen LogP contribution in [0.25, 0.3) is 0 Å². The fourth-order valence-electron chi connectivity index (χ4n) is 1.89. The first kappa shape index (κ1) is 8.42. The Morgan fingerprint density at radius 2 is 1.27 bits per heavy atom. The van der Waals surface area contributed by atoms with Gasteiger partial charge in [-0.2, -0.15) is 0 Å². The number of ether oxygens (including phenoxy) is 1. The average molecular weight is 195 g/mol. The predicted molar refractivity (Wildman–Crippen MR) is 63.6 cm³/mol. The summed E-state index contributed by atoms with van der Waals surface area (Å²) in [6.07, 6.45) is 0. The van der Waals surface area contributed by atoms with Crippen LogP contribution in [-0.4, -0.2) is 7.98 Å². The number of hydrogen-bond acceptors (Lipinski definition) is 2. The van der Waals surface area contributed by atoms with Crippen LogP contribution >= 0.6 is 0 Å². The fraction of sp³-hybridized carbons (Fsp3) is 0. The predicted octanol–water partition coefficient (Wildman–Crippen LogP) is 2.48. The molecular formula is C12H10BNO. The highest BCUT2D eigenvalue weighted by Crippen LogP contribution is 2.44. The maximum atomic E-state index is 5.81. The van der Waals surface area contributed by atoms with Crippen molar-refractivity contribution in [3.63, 3.8) is 0 Å². The third-order valence-electron chi connectivity index (χ3n) is 2.67. The summed E-state index contributed by atoms with van der Waals surface area (Å²) in [6.45, 7) is 0. The summed E-state index contributed by atoms with van der Waals surface area (Å²) < 4.78 is 5.81. The number of hydrogen-bond donors (Lipinski definition) is 0. The summed E-state index contributed by atoms with van der Waals surface area (Å²) in [5, 5.41) is 0. The van der Waals surface area contributed by atoms with Crippen molar-refractivity contribution in [3.8, 4) is 11.5 Å². The Bertz CT molecular complexity index is 467. The summed E-state index contributed by atoms with van der Waals surface area (Å²) in [5.41, 5.74) is 2.22. The van der Waals surface area contributed by atoms with Crippen molar-refractivity contribution in [1.82, 2.24) is 0 Å². The molecular weight excluding hydrogens is 185 g/mol. The summed E-state index contributed by atoms with van der Waals surface area (Å²) in [4.78, 5) is 2.15. The van der Waals surface area contributed by atoms with Crippen LogP contribution in [0.4, 0.5) is 11.4 Å². The van der Waals surface area contributed by atoms with Gasteiger partial charge in [0.15, 0.2) is 0 Å². The molecule has 2 nitrogen and oxygen atoms in total. The zero-order valence-electron chi connectivity index (χ0n) is 8.47. The second-order valence-corrected chi connectivity index (χ2v) is 3.60. The third kappa shape index (κ3) is 1.20. The number of rotatable bonds is 0.